The van der Waals surface area contributed by atoms with Gasteiger partial charge >= 0.3 is 5.97 Å². The highest BCUT2D eigenvalue weighted by molar-refractivity contribution is 6.31. The monoisotopic (exact) mass is 286 g/mol. The second-order valence-corrected chi connectivity index (χ2v) is 4.67. The number of benzene rings is 1. The molecule has 1 N–H and O–H groups in total. The van der Waals surface area contributed by atoms with Crippen molar-refractivity contribution in [2.45, 2.75) is 18.9 Å². The van der Waals surface area contributed by atoms with E-state index in [0.717, 1.165) is 19.4 Å². The number of methoxy groups -OCH3 is 1. The molecule has 1 aliphatic heterocycles. The van der Waals surface area contributed by atoms with Crippen LogP contribution in [0.2, 0.25) is 5.02 Å². The number of rotatable bonds is 5. The summed E-state index contributed by atoms with van der Waals surface area (Å²) in [6.45, 7) is 1.02. The second kappa shape index (κ2) is 6.12. The van der Waals surface area contributed by atoms with Crippen molar-refractivity contribution in [3.63, 3.8) is 0 Å². The van der Waals surface area contributed by atoms with Crippen LogP contribution in [0.25, 0.3) is 0 Å². The lowest BCUT2D eigenvalue weighted by molar-refractivity contribution is 0.0621. The number of hydrogen-bond donors (Lipinski definition) is 1. The van der Waals surface area contributed by atoms with E-state index in [0.29, 0.717) is 17.4 Å². The average molecular weight is 287 g/mol. The van der Waals surface area contributed by atoms with Crippen LogP contribution in [0.1, 0.15) is 23.2 Å². The van der Waals surface area contributed by atoms with Crippen LogP contribution in [0.4, 0.5) is 0 Å². The average Bonchev–Trinajstić information content (AvgIpc) is 2.89. The summed E-state index contributed by atoms with van der Waals surface area (Å²) in [6, 6.07) is 2.87. The molecule has 0 aromatic heterocycles. The standard InChI is InChI=1S/C13H15ClO5/c1-17-11-6-8(14)5-10(13(15)16)12(11)19-7-9-3-2-4-18-9/h5-6,9H,2-4,7H2,1H3,(H,15,16). The zero-order chi connectivity index (χ0) is 13.8. The van der Waals surface area contributed by atoms with Crippen molar-refractivity contribution in [3.8, 4) is 11.5 Å². The fourth-order valence-corrected chi connectivity index (χ4v) is 2.19. The van der Waals surface area contributed by atoms with Crippen LogP contribution >= 0.6 is 11.6 Å². The third-order valence-electron chi connectivity index (χ3n) is 2.91. The first-order chi connectivity index (χ1) is 9.11. The summed E-state index contributed by atoms with van der Waals surface area (Å²) in [7, 11) is 1.44. The van der Waals surface area contributed by atoms with E-state index in [1.165, 1.54) is 19.2 Å². The highest BCUT2D eigenvalue weighted by Crippen LogP contribution is 2.35. The first-order valence-corrected chi connectivity index (χ1v) is 6.35. The minimum atomic E-state index is -1.11. The first kappa shape index (κ1) is 14.0. The number of carboxylic acid groups (broad SMARTS) is 1. The van der Waals surface area contributed by atoms with E-state index in [2.05, 4.69) is 0 Å². The molecule has 1 aromatic carbocycles. The highest BCUT2D eigenvalue weighted by Gasteiger charge is 2.21. The summed E-state index contributed by atoms with van der Waals surface area (Å²) < 4.78 is 16.1. The first-order valence-electron chi connectivity index (χ1n) is 5.97. The lowest BCUT2D eigenvalue weighted by atomic mass is 10.2. The van der Waals surface area contributed by atoms with E-state index in [1.807, 2.05) is 0 Å². The number of carboxylic acids is 1. The minimum absolute atomic E-state index is 0.00188. The van der Waals surface area contributed by atoms with Crippen LogP contribution in [-0.2, 0) is 4.74 Å². The maximum atomic E-state index is 11.2. The van der Waals surface area contributed by atoms with Gasteiger partial charge in [0.2, 0.25) is 0 Å². The van der Waals surface area contributed by atoms with Gasteiger partial charge in [-0.25, -0.2) is 4.79 Å². The van der Waals surface area contributed by atoms with Gasteiger partial charge in [-0.3, -0.25) is 0 Å². The van der Waals surface area contributed by atoms with Gasteiger partial charge in [0.05, 0.1) is 13.2 Å². The molecule has 2 rings (SSSR count). The van der Waals surface area contributed by atoms with Gasteiger partial charge < -0.3 is 19.3 Å². The molecule has 104 valence electrons. The van der Waals surface area contributed by atoms with Crippen LogP contribution in [-0.4, -0.2) is 37.5 Å². The molecule has 6 heteroatoms. The Morgan fingerprint density at radius 3 is 2.95 bits per heavy atom. The Labute approximate surface area is 116 Å². The fourth-order valence-electron chi connectivity index (χ4n) is 1.98. The van der Waals surface area contributed by atoms with Crippen LogP contribution in [0.15, 0.2) is 12.1 Å². The lowest BCUT2D eigenvalue weighted by Gasteiger charge is -2.16. The molecule has 5 nitrogen and oxygen atoms in total. The summed E-state index contributed by atoms with van der Waals surface area (Å²) in [6.07, 6.45) is 1.91. The van der Waals surface area contributed by atoms with Crippen molar-refractivity contribution >= 4 is 17.6 Å². The highest BCUT2D eigenvalue weighted by atomic mass is 35.5. The lowest BCUT2D eigenvalue weighted by Crippen LogP contribution is -2.18. The molecular formula is C13H15ClO5. The van der Waals surface area contributed by atoms with E-state index in [4.69, 9.17) is 25.8 Å². The minimum Gasteiger partial charge on any atom is -0.493 e. The maximum absolute atomic E-state index is 11.2. The number of carbonyl (C=O) groups is 1. The van der Waals surface area contributed by atoms with Gasteiger partial charge in [0.25, 0.3) is 0 Å². The van der Waals surface area contributed by atoms with Crippen molar-refractivity contribution < 1.29 is 24.1 Å². The van der Waals surface area contributed by atoms with E-state index in [-0.39, 0.29) is 17.4 Å². The summed E-state index contributed by atoms with van der Waals surface area (Å²) in [5, 5.41) is 9.47. The van der Waals surface area contributed by atoms with E-state index < -0.39 is 5.97 Å². The molecule has 1 atom stereocenters. The Balaban J connectivity index is 2.22. The third-order valence-corrected chi connectivity index (χ3v) is 3.13. The Morgan fingerprint density at radius 1 is 1.58 bits per heavy atom. The van der Waals surface area contributed by atoms with Crippen LogP contribution < -0.4 is 9.47 Å². The second-order valence-electron chi connectivity index (χ2n) is 4.24. The Kier molecular flexibility index (Phi) is 4.50. The topological polar surface area (TPSA) is 65.0 Å². The van der Waals surface area contributed by atoms with Gasteiger partial charge in [-0.2, -0.15) is 0 Å². The van der Waals surface area contributed by atoms with Crippen LogP contribution in [0.5, 0.6) is 11.5 Å². The van der Waals surface area contributed by atoms with Crippen molar-refractivity contribution in [1.29, 1.82) is 0 Å². The molecule has 0 amide bonds. The van der Waals surface area contributed by atoms with Gasteiger partial charge in [-0.15, -0.1) is 0 Å². The Hall–Kier alpha value is -1.46. The molecule has 1 aliphatic rings. The molecule has 0 spiro atoms. The van der Waals surface area contributed by atoms with Crippen LogP contribution in [0.3, 0.4) is 0 Å². The maximum Gasteiger partial charge on any atom is 0.339 e. The SMILES string of the molecule is COc1cc(Cl)cc(C(=O)O)c1OCC1CCCO1. The van der Waals surface area contributed by atoms with Crippen molar-refractivity contribution in [1.82, 2.24) is 0 Å². The number of halogens is 1. The van der Waals surface area contributed by atoms with E-state index >= 15 is 0 Å². The van der Waals surface area contributed by atoms with Gasteiger partial charge in [0, 0.05) is 17.7 Å². The molecule has 1 fully saturated rings. The number of hydrogen-bond acceptors (Lipinski definition) is 4. The normalized spacial score (nSPS) is 18.3. The van der Waals surface area contributed by atoms with Crippen molar-refractivity contribution in [2.75, 3.05) is 20.3 Å². The molecule has 0 saturated carbocycles. The van der Waals surface area contributed by atoms with Crippen molar-refractivity contribution in [2.24, 2.45) is 0 Å². The zero-order valence-electron chi connectivity index (χ0n) is 10.5. The van der Waals surface area contributed by atoms with Gasteiger partial charge in [0.15, 0.2) is 11.5 Å². The largest absolute Gasteiger partial charge is 0.493 e. The fraction of sp³-hybridized carbons (Fsp3) is 0.462. The van der Waals surface area contributed by atoms with E-state index in [9.17, 15) is 9.90 Å². The van der Waals surface area contributed by atoms with Crippen molar-refractivity contribution in [3.05, 3.63) is 22.7 Å². The quantitative estimate of drug-likeness (QED) is 0.901. The van der Waals surface area contributed by atoms with Gasteiger partial charge in [0.1, 0.15) is 12.2 Å². The number of ether oxygens (including phenoxy) is 3. The molecule has 0 bridgehead atoms. The molecule has 0 aliphatic carbocycles. The summed E-state index contributed by atoms with van der Waals surface area (Å²) in [4.78, 5) is 11.2. The predicted molar refractivity (Wildman–Crippen MR) is 69.4 cm³/mol. The summed E-state index contributed by atoms with van der Waals surface area (Å²) in [5.74, 6) is -0.610. The molecule has 1 aromatic rings. The zero-order valence-corrected chi connectivity index (χ0v) is 11.3. The van der Waals surface area contributed by atoms with Crippen LogP contribution in [0, 0.1) is 0 Å². The Bertz CT molecular complexity index is 468. The third kappa shape index (κ3) is 3.30. The summed E-state index contributed by atoms with van der Waals surface area (Å²) >= 11 is 5.85. The molecule has 0 radical (unpaired) electrons. The smallest absolute Gasteiger partial charge is 0.339 e. The molecule has 19 heavy (non-hydrogen) atoms. The number of aromatic carboxylic acids is 1. The molecule has 1 heterocycles. The Morgan fingerprint density at radius 2 is 2.37 bits per heavy atom. The summed E-state index contributed by atoms with van der Waals surface area (Å²) in [5.41, 5.74) is -0.0117. The van der Waals surface area contributed by atoms with Gasteiger partial charge in [-0.1, -0.05) is 11.6 Å². The molecular weight excluding hydrogens is 272 g/mol. The molecule has 1 unspecified atom stereocenters. The van der Waals surface area contributed by atoms with E-state index in [1.54, 1.807) is 0 Å². The molecule has 1 saturated heterocycles. The van der Waals surface area contributed by atoms with Gasteiger partial charge in [-0.05, 0) is 18.9 Å². The predicted octanol–water partition coefficient (Wildman–Crippen LogP) is 2.60.